The first kappa shape index (κ1) is 15.0. The molecule has 1 unspecified atom stereocenters. The molecule has 0 aliphatic carbocycles. The number of hydrogen-bond acceptors (Lipinski definition) is 3. The first-order valence-electron chi connectivity index (χ1n) is 6.62. The summed E-state index contributed by atoms with van der Waals surface area (Å²) in [6.45, 7) is 6.88. The van der Waals surface area contributed by atoms with E-state index >= 15 is 0 Å². The van der Waals surface area contributed by atoms with Gasteiger partial charge in [-0.05, 0) is 18.8 Å². The lowest BCUT2D eigenvalue weighted by molar-refractivity contribution is -0.136. The lowest BCUT2D eigenvalue weighted by Crippen LogP contribution is -2.52. The number of carbonyl (C=O) groups is 2. The number of carbonyl (C=O) groups excluding carboxylic acids is 2. The first-order valence-corrected chi connectivity index (χ1v) is 6.62. The summed E-state index contributed by atoms with van der Waals surface area (Å²) in [4.78, 5) is 26.9. The molecular formula is C13H25N3O2. The summed E-state index contributed by atoms with van der Waals surface area (Å²) in [7, 11) is 1.82. The summed E-state index contributed by atoms with van der Waals surface area (Å²) in [5, 5.41) is 0. The van der Waals surface area contributed by atoms with E-state index in [1.54, 1.807) is 11.8 Å². The van der Waals surface area contributed by atoms with Crippen molar-refractivity contribution in [2.24, 2.45) is 11.7 Å². The van der Waals surface area contributed by atoms with Gasteiger partial charge in [0, 0.05) is 33.1 Å². The van der Waals surface area contributed by atoms with Gasteiger partial charge in [-0.25, -0.2) is 0 Å². The fourth-order valence-corrected chi connectivity index (χ4v) is 2.23. The van der Waals surface area contributed by atoms with Gasteiger partial charge < -0.3 is 15.5 Å². The molecule has 1 heterocycles. The molecule has 2 N–H and O–H groups in total. The number of rotatable bonds is 3. The van der Waals surface area contributed by atoms with Gasteiger partial charge in [-0.15, -0.1) is 0 Å². The van der Waals surface area contributed by atoms with E-state index in [0.717, 1.165) is 12.8 Å². The van der Waals surface area contributed by atoms with E-state index in [0.29, 0.717) is 13.1 Å². The molecule has 5 heteroatoms. The van der Waals surface area contributed by atoms with E-state index in [9.17, 15) is 9.59 Å². The molecule has 2 amide bonds. The Labute approximate surface area is 109 Å². The van der Waals surface area contributed by atoms with Crippen LogP contribution in [0.25, 0.3) is 0 Å². The molecule has 1 fully saturated rings. The number of piperidine rings is 1. The highest BCUT2D eigenvalue weighted by atomic mass is 16.2. The van der Waals surface area contributed by atoms with Crippen LogP contribution in [0.2, 0.25) is 0 Å². The van der Waals surface area contributed by atoms with E-state index in [4.69, 9.17) is 5.73 Å². The molecular weight excluding hydrogens is 230 g/mol. The molecule has 0 aromatic carbocycles. The Kier molecular flexibility index (Phi) is 5.14. The molecule has 0 spiro atoms. The van der Waals surface area contributed by atoms with Crippen molar-refractivity contribution in [2.45, 2.75) is 45.7 Å². The highest BCUT2D eigenvalue weighted by molar-refractivity contribution is 5.82. The van der Waals surface area contributed by atoms with E-state index < -0.39 is 6.04 Å². The van der Waals surface area contributed by atoms with Gasteiger partial charge in [-0.3, -0.25) is 9.59 Å². The molecule has 0 bridgehead atoms. The Hall–Kier alpha value is -1.10. The molecule has 0 saturated carbocycles. The number of amides is 2. The summed E-state index contributed by atoms with van der Waals surface area (Å²) in [6, 6.07) is -0.158. The summed E-state index contributed by atoms with van der Waals surface area (Å²) in [6.07, 6.45) is 1.68. The maximum atomic E-state index is 12.1. The zero-order chi connectivity index (χ0) is 13.9. The summed E-state index contributed by atoms with van der Waals surface area (Å²) >= 11 is 0. The van der Waals surface area contributed by atoms with Crippen molar-refractivity contribution >= 4 is 11.8 Å². The maximum absolute atomic E-state index is 12.1. The third kappa shape index (κ3) is 3.45. The summed E-state index contributed by atoms with van der Waals surface area (Å²) < 4.78 is 0. The van der Waals surface area contributed by atoms with Gasteiger partial charge in [-0.1, -0.05) is 13.8 Å². The molecule has 0 aromatic heterocycles. The van der Waals surface area contributed by atoms with Crippen LogP contribution in [0.1, 0.15) is 33.6 Å². The lowest BCUT2D eigenvalue weighted by atomic mass is 9.99. The number of likely N-dealkylation sites (tertiary alicyclic amines) is 1. The second-order valence-corrected chi connectivity index (χ2v) is 5.46. The average Bonchev–Trinajstić information content (AvgIpc) is 2.36. The van der Waals surface area contributed by atoms with E-state index in [1.807, 2.05) is 25.8 Å². The molecule has 1 saturated heterocycles. The normalized spacial score (nSPS) is 18.9. The van der Waals surface area contributed by atoms with E-state index in [2.05, 4.69) is 0 Å². The smallest absolute Gasteiger partial charge is 0.239 e. The van der Waals surface area contributed by atoms with Gasteiger partial charge in [0.05, 0.1) is 6.04 Å². The molecule has 0 aromatic rings. The monoisotopic (exact) mass is 255 g/mol. The minimum atomic E-state index is -0.410. The van der Waals surface area contributed by atoms with E-state index in [1.165, 1.54) is 0 Å². The molecule has 5 nitrogen and oxygen atoms in total. The maximum Gasteiger partial charge on any atom is 0.239 e. The van der Waals surface area contributed by atoms with Crippen molar-refractivity contribution in [2.75, 3.05) is 20.1 Å². The van der Waals surface area contributed by atoms with Crippen LogP contribution in [0.4, 0.5) is 0 Å². The minimum Gasteiger partial charge on any atom is -0.343 e. The van der Waals surface area contributed by atoms with Crippen LogP contribution in [0.15, 0.2) is 0 Å². The second kappa shape index (κ2) is 6.18. The molecule has 18 heavy (non-hydrogen) atoms. The third-order valence-corrected chi connectivity index (χ3v) is 3.82. The fraction of sp³-hybridized carbons (Fsp3) is 0.846. The highest BCUT2D eigenvalue weighted by Gasteiger charge is 2.29. The Morgan fingerprint density at radius 1 is 1.28 bits per heavy atom. The quantitative estimate of drug-likeness (QED) is 0.795. The van der Waals surface area contributed by atoms with Gasteiger partial charge in [0.1, 0.15) is 0 Å². The summed E-state index contributed by atoms with van der Waals surface area (Å²) in [5.41, 5.74) is 5.88. The zero-order valence-corrected chi connectivity index (χ0v) is 11.8. The molecule has 1 atom stereocenters. The van der Waals surface area contributed by atoms with Crippen LogP contribution in [0.5, 0.6) is 0 Å². The highest BCUT2D eigenvalue weighted by Crippen LogP contribution is 2.17. The van der Waals surface area contributed by atoms with Crippen molar-refractivity contribution in [1.82, 2.24) is 9.80 Å². The van der Waals surface area contributed by atoms with Crippen molar-refractivity contribution in [3.8, 4) is 0 Å². The third-order valence-electron chi connectivity index (χ3n) is 3.82. The van der Waals surface area contributed by atoms with Crippen LogP contribution >= 0.6 is 0 Å². The standard InChI is InChI=1S/C13H25N3O2/c1-9(2)12(14)13(18)16-7-5-11(6-8-16)15(4)10(3)17/h9,11-12H,5-8,14H2,1-4H3. The van der Waals surface area contributed by atoms with Crippen molar-refractivity contribution in [3.63, 3.8) is 0 Å². The fourth-order valence-electron chi connectivity index (χ4n) is 2.23. The number of hydrogen-bond donors (Lipinski definition) is 1. The zero-order valence-electron chi connectivity index (χ0n) is 11.8. The Bertz CT molecular complexity index is 309. The Balaban J connectivity index is 2.49. The predicted octanol–water partition coefficient (Wildman–Crippen LogP) is 0.439. The van der Waals surface area contributed by atoms with Crippen molar-refractivity contribution in [3.05, 3.63) is 0 Å². The molecule has 1 aliphatic rings. The van der Waals surface area contributed by atoms with Crippen molar-refractivity contribution in [1.29, 1.82) is 0 Å². The van der Waals surface area contributed by atoms with Crippen LogP contribution in [0.3, 0.4) is 0 Å². The Morgan fingerprint density at radius 2 is 1.78 bits per heavy atom. The molecule has 104 valence electrons. The average molecular weight is 255 g/mol. The van der Waals surface area contributed by atoms with Crippen LogP contribution in [-0.4, -0.2) is 53.8 Å². The van der Waals surface area contributed by atoms with Gasteiger partial charge in [0.2, 0.25) is 11.8 Å². The second-order valence-electron chi connectivity index (χ2n) is 5.46. The molecule has 1 aliphatic heterocycles. The molecule has 0 radical (unpaired) electrons. The number of nitrogens with zero attached hydrogens (tertiary/aromatic N) is 2. The lowest BCUT2D eigenvalue weighted by Gasteiger charge is -2.37. The summed E-state index contributed by atoms with van der Waals surface area (Å²) in [5.74, 6) is 0.280. The Morgan fingerprint density at radius 3 is 2.17 bits per heavy atom. The van der Waals surface area contributed by atoms with Gasteiger partial charge >= 0.3 is 0 Å². The van der Waals surface area contributed by atoms with E-state index in [-0.39, 0.29) is 23.8 Å². The molecule has 1 rings (SSSR count). The van der Waals surface area contributed by atoms with Crippen LogP contribution in [0, 0.1) is 5.92 Å². The van der Waals surface area contributed by atoms with Gasteiger partial charge in [0.15, 0.2) is 0 Å². The SMILES string of the molecule is CC(=O)N(C)C1CCN(C(=O)C(N)C(C)C)CC1. The van der Waals surface area contributed by atoms with Crippen LogP contribution < -0.4 is 5.73 Å². The number of nitrogens with two attached hydrogens (primary N) is 1. The van der Waals surface area contributed by atoms with Crippen molar-refractivity contribution < 1.29 is 9.59 Å². The topological polar surface area (TPSA) is 66.6 Å². The van der Waals surface area contributed by atoms with Crippen LogP contribution in [-0.2, 0) is 9.59 Å². The first-order chi connectivity index (χ1) is 8.34. The predicted molar refractivity (Wildman–Crippen MR) is 70.9 cm³/mol. The minimum absolute atomic E-state index is 0.0360. The largest absolute Gasteiger partial charge is 0.343 e. The van der Waals surface area contributed by atoms with Gasteiger partial charge in [-0.2, -0.15) is 0 Å². The van der Waals surface area contributed by atoms with Gasteiger partial charge in [0.25, 0.3) is 0 Å².